The third kappa shape index (κ3) is 16.5. The molecule has 1 saturated carbocycles. The molecule has 1 fully saturated rings. The van der Waals surface area contributed by atoms with E-state index in [2.05, 4.69) is 6.92 Å². The molecule has 0 aliphatic heterocycles. The summed E-state index contributed by atoms with van der Waals surface area (Å²) in [5, 5.41) is 0. The summed E-state index contributed by atoms with van der Waals surface area (Å²) in [6, 6.07) is 0. The van der Waals surface area contributed by atoms with Crippen molar-refractivity contribution in [3.63, 3.8) is 0 Å². The van der Waals surface area contributed by atoms with Gasteiger partial charge in [0.15, 0.2) is 0 Å². The van der Waals surface area contributed by atoms with Crippen molar-refractivity contribution in [1.29, 1.82) is 0 Å². The van der Waals surface area contributed by atoms with Gasteiger partial charge in [-0.2, -0.15) is 0 Å². The molecule has 0 unspecified atom stereocenters. The molecule has 12 heavy (non-hydrogen) atoms. The van der Waals surface area contributed by atoms with E-state index in [4.69, 9.17) is 0 Å². The molecule has 0 aromatic rings. The SMILES string of the molecule is CC.CC.CC.CC1CCCC1. The summed E-state index contributed by atoms with van der Waals surface area (Å²) >= 11 is 0. The van der Waals surface area contributed by atoms with Crippen LogP contribution < -0.4 is 0 Å². The molecular weight excluding hydrogens is 144 g/mol. The fourth-order valence-electron chi connectivity index (χ4n) is 1.13. The van der Waals surface area contributed by atoms with E-state index >= 15 is 0 Å². The van der Waals surface area contributed by atoms with Crippen LogP contribution in [-0.2, 0) is 0 Å². The molecule has 0 bridgehead atoms. The lowest BCUT2D eigenvalue weighted by molar-refractivity contribution is 0.612. The van der Waals surface area contributed by atoms with Crippen LogP contribution in [0.4, 0.5) is 0 Å². The summed E-state index contributed by atoms with van der Waals surface area (Å²) in [6.45, 7) is 14.3. The molecule has 0 atom stereocenters. The first-order valence-corrected chi connectivity index (χ1v) is 5.89. The molecule has 0 nitrogen and oxygen atoms in total. The van der Waals surface area contributed by atoms with Gasteiger partial charge in [0, 0.05) is 0 Å². The van der Waals surface area contributed by atoms with Gasteiger partial charge in [0.2, 0.25) is 0 Å². The zero-order valence-corrected chi connectivity index (χ0v) is 10.4. The highest BCUT2D eigenvalue weighted by molar-refractivity contribution is 4.60. The summed E-state index contributed by atoms with van der Waals surface area (Å²) in [4.78, 5) is 0. The second-order valence-electron chi connectivity index (χ2n) is 2.39. The summed E-state index contributed by atoms with van der Waals surface area (Å²) < 4.78 is 0. The Bertz CT molecular complexity index is 33.3. The van der Waals surface area contributed by atoms with E-state index < -0.39 is 0 Å². The second-order valence-corrected chi connectivity index (χ2v) is 2.39. The molecule has 0 radical (unpaired) electrons. The largest absolute Gasteiger partial charge is 0.0683 e. The number of hydrogen-bond donors (Lipinski definition) is 0. The van der Waals surface area contributed by atoms with Crippen LogP contribution >= 0.6 is 0 Å². The Labute approximate surface area is 80.8 Å². The van der Waals surface area contributed by atoms with Gasteiger partial charge in [-0.05, 0) is 5.92 Å². The Balaban J connectivity index is -0.000000117. The van der Waals surface area contributed by atoms with Gasteiger partial charge in [-0.1, -0.05) is 74.1 Å². The summed E-state index contributed by atoms with van der Waals surface area (Å²) in [5.74, 6) is 1.05. The van der Waals surface area contributed by atoms with E-state index in [1.165, 1.54) is 25.7 Å². The molecule has 1 aliphatic carbocycles. The first-order chi connectivity index (χ1) is 5.89. The van der Waals surface area contributed by atoms with E-state index in [0.717, 1.165) is 5.92 Å². The van der Waals surface area contributed by atoms with Crippen LogP contribution in [-0.4, -0.2) is 0 Å². The molecule has 0 N–H and O–H groups in total. The first kappa shape index (κ1) is 17.9. The lowest BCUT2D eigenvalue weighted by Crippen LogP contribution is -1.78. The highest BCUT2D eigenvalue weighted by Crippen LogP contribution is 2.22. The van der Waals surface area contributed by atoms with Crippen molar-refractivity contribution >= 4 is 0 Å². The van der Waals surface area contributed by atoms with Crippen LogP contribution in [0.15, 0.2) is 0 Å². The lowest BCUT2D eigenvalue weighted by Gasteiger charge is -1.91. The van der Waals surface area contributed by atoms with Gasteiger partial charge in [-0.3, -0.25) is 0 Å². The third-order valence-corrected chi connectivity index (χ3v) is 1.64. The molecule has 1 rings (SSSR count). The molecular formula is C12H30. The predicted molar refractivity (Wildman–Crippen MR) is 61.7 cm³/mol. The zero-order chi connectivity index (χ0) is 10.4. The summed E-state index contributed by atoms with van der Waals surface area (Å²) in [5.41, 5.74) is 0. The van der Waals surface area contributed by atoms with Gasteiger partial charge >= 0.3 is 0 Å². The van der Waals surface area contributed by atoms with Gasteiger partial charge in [0.05, 0.1) is 0 Å². The van der Waals surface area contributed by atoms with Crippen molar-refractivity contribution in [2.75, 3.05) is 0 Å². The molecule has 0 aromatic carbocycles. The summed E-state index contributed by atoms with van der Waals surface area (Å²) in [7, 11) is 0. The van der Waals surface area contributed by atoms with Crippen molar-refractivity contribution in [1.82, 2.24) is 0 Å². The Morgan fingerprint density at radius 1 is 0.667 bits per heavy atom. The Morgan fingerprint density at radius 3 is 1.00 bits per heavy atom. The van der Waals surface area contributed by atoms with Gasteiger partial charge < -0.3 is 0 Å². The molecule has 0 amide bonds. The fourth-order valence-corrected chi connectivity index (χ4v) is 1.13. The standard InChI is InChI=1S/C6H12.3C2H6/c1-6-4-2-3-5-6;3*1-2/h6H,2-5H2,1H3;3*1-2H3. The van der Waals surface area contributed by atoms with Gasteiger partial charge in [-0.25, -0.2) is 0 Å². The first-order valence-electron chi connectivity index (χ1n) is 5.89. The topological polar surface area (TPSA) is 0 Å². The van der Waals surface area contributed by atoms with Crippen molar-refractivity contribution in [2.24, 2.45) is 5.92 Å². The smallest absolute Gasteiger partial charge is 0.0443 e. The average Bonchev–Trinajstić information content (AvgIpc) is 2.66. The van der Waals surface area contributed by atoms with Crippen LogP contribution in [0.2, 0.25) is 0 Å². The molecule has 78 valence electrons. The van der Waals surface area contributed by atoms with E-state index in [0.29, 0.717) is 0 Å². The van der Waals surface area contributed by atoms with Gasteiger partial charge in [-0.15, -0.1) is 0 Å². The van der Waals surface area contributed by atoms with Crippen LogP contribution in [0.3, 0.4) is 0 Å². The normalized spacial score (nSPS) is 14.2. The maximum Gasteiger partial charge on any atom is -0.0443 e. The van der Waals surface area contributed by atoms with E-state index in [-0.39, 0.29) is 0 Å². The average molecular weight is 174 g/mol. The maximum atomic E-state index is 2.34. The van der Waals surface area contributed by atoms with Crippen LogP contribution in [0, 0.1) is 5.92 Å². The molecule has 1 aliphatic rings. The predicted octanol–water partition coefficient (Wildman–Crippen LogP) is 5.28. The van der Waals surface area contributed by atoms with Crippen molar-refractivity contribution < 1.29 is 0 Å². The highest BCUT2D eigenvalue weighted by atomic mass is 14.1. The van der Waals surface area contributed by atoms with E-state index in [1.54, 1.807) is 0 Å². The van der Waals surface area contributed by atoms with Crippen LogP contribution in [0.25, 0.3) is 0 Å². The molecule has 0 spiro atoms. The molecule has 0 heteroatoms. The van der Waals surface area contributed by atoms with Gasteiger partial charge in [0.25, 0.3) is 0 Å². The third-order valence-electron chi connectivity index (χ3n) is 1.64. The minimum atomic E-state index is 1.05. The minimum absolute atomic E-state index is 1.05. The Kier molecular flexibility index (Phi) is 33.5. The Morgan fingerprint density at radius 2 is 0.917 bits per heavy atom. The maximum absolute atomic E-state index is 2.34. The number of hydrogen-bond acceptors (Lipinski definition) is 0. The summed E-state index contributed by atoms with van der Waals surface area (Å²) in [6.07, 6.45) is 5.95. The van der Waals surface area contributed by atoms with Crippen molar-refractivity contribution in [2.45, 2.75) is 74.1 Å². The minimum Gasteiger partial charge on any atom is -0.0683 e. The van der Waals surface area contributed by atoms with Crippen molar-refractivity contribution in [3.8, 4) is 0 Å². The van der Waals surface area contributed by atoms with Crippen LogP contribution in [0.5, 0.6) is 0 Å². The molecule has 0 heterocycles. The highest BCUT2D eigenvalue weighted by Gasteiger charge is 2.07. The Hall–Kier alpha value is 0. The van der Waals surface area contributed by atoms with E-state index in [9.17, 15) is 0 Å². The zero-order valence-electron chi connectivity index (χ0n) is 10.4. The fraction of sp³-hybridized carbons (Fsp3) is 1.00. The molecule has 0 saturated heterocycles. The monoisotopic (exact) mass is 174 g/mol. The molecule has 0 aromatic heterocycles. The van der Waals surface area contributed by atoms with E-state index in [1.807, 2.05) is 41.5 Å². The van der Waals surface area contributed by atoms with Crippen molar-refractivity contribution in [3.05, 3.63) is 0 Å². The second kappa shape index (κ2) is 22.4. The number of rotatable bonds is 0. The van der Waals surface area contributed by atoms with Gasteiger partial charge in [0.1, 0.15) is 0 Å². The van der Waals surface area contributed by atoms with Crippen LogP contribution in [0.1, 0.15) is 74.1 Å². The lowest BCUT2D eigenvalue weighted by atomic mass is 10.2. The quantitative estimate of drug-likeness (QED) is 0.469.